The van der Waals surface area contributed by atoms with Crippen LogP contribution >= 0.6 is 11.3 Å². The standard InChI is InChI=1S/C17H18FN3O2S/c1-3-23-17(22)15-14(13(8-19)16(20)24-15)10-21(2)9-11-4-6-12(18)7-5-11/h4-7H,3,9-10,20H2,1-2H3. The molecule has 0 unspecified atom stereocenters. The second-order valence-corrected chi connectivity index (χ2v) is 6.33. The Morgan fingerprint density at radius 3 is 2.62 bits per heavy atom. The molecule has 0 saturated carbocycles. The molecule has 5 nitrogen and oxygen atoms in total. The highest BCUT2D eigenvalue weighted by molar-refractivity contribution is 7.18. The molecule has 0 aliphatic heterocycles. The number of hydrogen-bond acceptors (Lipinski definition) is 6. The fourth-order valence-corrected chi connectivity index (χ4v) is 3.27. The lowest BCUT2D eigenvalue weighted by Crippen LogP contribution is -2.19. The smallest absolute Gasteiger partial charge is 0.348 e. The van der Waals surface area contributed by atoms with Gasteiger partial charge in [-0.15, -0.1) is 11.3 Å². The molecule has 0 radical (unpaired) electrons. The molecule has 0 aliphatic carbocycles. The van der Waals surface area contributed by atoms with Crippen molar-refractivity contribution in [2.75, 3.05) is 19.4 Å². The van der Waals surface area contributed by atoms with Crippen LogP contribution in [-0.2, 0) is 17.8 Å². The number of rotatable bonds is 6. The summed E-state index contributed by atoms with van der Waals surface area (Å²) < 4.78 is 18.0. The maximum absolute atomic E-state index is 13.0. The van der Waals surface area contributed by atoms with E-state index in [1.54, 1.807) is 19.1 Å². The Labute approximate surface area is 144 Å². The largest absolute Gasteiger partial charge is 0.462 e. The van der Waals surface area contributed by atoms with Crippen LogP contribution in [0.1, 0.15) is 33.3 Å². The van der Waals surface area contributed by atoms with E-state index in [0.717, 1.165) is 16.9 Å². The molecular formula is C17H18FN3O2S. The molecule has 2 N–H and O–H groups in total. The highest BCUT2D eigenvalue weighted by atomic mass is 32.1. The van der Waals surface area contributed by atoms with Crippen LogP contribution in [-0.4, -0.2) is 24.5 Å². The summed E-state index contributed by atoms with van der Waals surface area (Å²) in [5.41, 5.74) is 7.67. The molecule has 1 aromatic carbocycles. The van der Waals surface area contributed by atoms with Gasteiger partial charge in [0.25, 0.3) is 0 Å². The first-order valence-electron chi connectivity index (χ1n) is 7.37. The van der Waals surface area contributed by atoms with Crippen LogP contribution in [0.2, 0.25) is 0 Å². The summed E-state index contributed by atoms with van der Waals surface area (Å²) in [4.78, 5) is 14.4. The van der Waals surface area contributed by atoms with Crippen molar-refractivity contribution in [2.24, 2.45) is 0 Å². The number of carbonyl (C=O) groups is 1. The average Bonchev–Trinajstić information content (AvgIpc) is 2.85. The molecule has 0 fully saturated rings. The summed E-state index contributed by atoms with van der Waals surface area (Å²) in [7, 11) is 1.85. The van der Waals surface area contributed by atoms with Gasteiger partial charge in [-0.3, -0.25) is 4.90 Å². The van der Waals surface area contributed by atoms with Crippen LogP contribution < -0.4 is 5.73 Å². The number of halogens is 1. The Morgan fingerprint density at radius 2 is 2.04 bits per heavy atom. The Balaban J connectivity index is 2.22. The third kappa shape index (κ3) is 4.10. The van der Waals surface area contributed by atoms with Crippen LogP contribution in [0.5, 0.6) is 0 Å². The predicted octanol–water partition coefficient (Wildman–Crippen LogP) is 3.15. The van der Waals surface area contributed by atoms with Crippen molar-refractivity contribution >= 4 is 22.3 Å². The normalized spacial score (nSPS) is 10.6. The summed E-state index contributed by atoms with van der Waals surface area (Å²) >= 11 is 1.07. The van der Waals surface area contributed by atoms with E-state index in [2.05, 4.69) is 6.07 Å². The average molecular weight is 347 g/mol. The number of thiophene rings is 1. The van der Waals surface area contributed by atoms with Crippen molar-refractivity contribution in [2.45, 2.75) is 20.0 Å². The minimum absolute atomic E-state index is 0.253. The first-order chi connectivity index (χ1) is 11.5. The van der Waals surface area contributed by atoms with Gasteiger partial charge in [-0.2, -0.15) is 5.26 Å². The van der Waals surface area contributed by atoms with Gasteiger partial charge in [0.2, 0.25) is 0 Å². The van der Waals surface area contributed by atoms with Crippen LogP contribution in [0.15, 0.2) is 24.3 Å². The van der Waals surface area contributed by atoms with Crippen LogP contribution in [0, 0.1) is 17.1 Å². The molecule has 1 heterocycles. The van der Waals surface area contributed by atoms with E-state index in [0.29, 0.717) is 34.1 Å². The zero-order chi connectivity index (χ0) is 17.7. The van der Waals surface area contributed by atoms with Crippen LogP contribution in [0.25, 0.3) is 0 Å². The molecule has 2 rings (SSSR count). The number of nitrogen functional groups attached to an aromatic ring is 1. The van der Waals surface area contributed by atoms with Gasteiger partial charge in [-0.05, 0) is 31.7 Å². The fraction of sp³-hybridized carbons (Fsp3) is 0.294. The first kappa shape index (κ1) is 17.9. The molecule has 0 amide bonds. The van der Waals surface area contributed by atoms with E-state index in [-0.39, 0.29) is 12.4 Å². The quantitative estimate of drug-likeness (QED) is 0.812. The number of nitrogens with zero attached hydrogens (tertiary/aromatic N) is 2. The van der Waals surface area contributed by atoms with Crippen molar-refractivity contribution in [3.8, 4) is 6.07 Å². The molecule has 7 heteroatoms. The van der Waals surface area contributed by atoms with Crippen molar-refractivity contribution in [3.05, 3.63) is 51.7 Å². The summed E-state index contributed by atoms with van der Waals surface area (Å²) in [6.07, 6.45) is 0. The molecule has 0 spiro atoms. The van der Waals surface area contributed by atoms with E-state index in [9.17, 15) is 14.4 Å². The Hall–Kier alpha value is -2.43. The number of esters is 1. The molecule has 1 aromatic heterocycles. The number of nitrogens with two attached hydrogens (primary N) is 1. The van der Waals surface area contributed by atoms with E-state index in [1.807, 2.05) is 11.9 Å². The fourth-order valence-electron chi connectivity index (χ4n) is 2.35. The van der Waals surface area contributed by atoms with Crippen molar-refractivity contribution in [3.63, 3.8) is 0 Å². The number of ether oxygens (including phenoxy) is 1. The van der Waals surface area contributed by atoms with Crippen LogP contribution in [0.4, 0.5) is 9.39 Å². The van der Waals surface area contributed by atoms with Gasteiger partial charge >= 0.3 is 5.97 Å². The summed E-state index contributed by atoms with van der Waals surface area (Å²) in [5.74, 6) is -0.760. The number of hydrogen-bond donors (Lipinski definition) is 1. The highest BCUT2D eigenvalue weighted by Gasteiger charge is 2.23. The lowest BCUT2D eigenvalue weighted by atomic mass is 10.1. The lowest BCUT2D eigenvalue weighted by Gasteiger charge is -2.17. The predicted molar refractivity (Wildman–Crippen MR) is 91.0 cm³/mol. The monoisotopic (exact) mass is 347 g/mol. The third-order valence-electron chi connectivity index (χ3n) is 3.40. The number of carbonyl (C=O) groups excluding carboxylic acids is 1. The summed E-state index contributed by atoms with van der Waals surface area (Å²) in [6.45, 7) is 2.88. The SMILES string of the molecule is CCOC(=O)c1sc(N)c(C#N)c1CN(C)Cc1ccc(F)cc1. The molecule has 0 aliphatic rings. The van der Waals surface area contributed by atoms with Gasteiger partial charge in [0.05, 0.1) is 12.2 Å². The topological polar surface area (TPSA) is 79.3 Å². The Bertz CT molecular complexity index is 765. The summed E-state index contributed by atoms with van der Waals surface area (Å²) in [5, 5.41) is 9.63. The van der Waals surface area contributed by atoms with Gasteiger partial charge in [0.15, 0.2) is 0 Å². The van der Waals surface area contributed by atoms with Gasteiger partial charge in [-0.1, -0.05) is 12.1 Å². The second-order valence-electron chi connectivity index (χ2n) is 5.28. The highest BCUT2D eigenvalue weighted by Crippen LogP contribution is 2.32. The van der Waals surface area contributed by atoms with E-state index in [4.69, 9.17) is 10.5 Å². The molecule has 24 heavy (non-hydrogen) atoms. The zero-order valence-corrected chi connectivity index (χ0v) is 14.3. The molecule has 0 bridgehead atoms. The van der Waals surface area contributed by atoms with E-state index in [1.165, 1.54) is 12.1 Å². The molecule has 126 valence electrons. The third-order valence-corrected chi connectivity index (χ3v) is 4.44. The molecular weight excluding hydrogens is 329 g/mol. The number of nitriles is 1. The van der Waals surface area contributed by atoms with Gasteiger partial charge in [-0.25, -0.2) is 9.18 Å². The first-order valence-corrected chi connectivity index (χ1v) is 8.19. The number of benzene rings is 1. The minimum atomic E-state index is -0.471. The number of anilines is 1. The second kappa shape index (κ2) is 7.90. The Morgan fingerprint density at radius 1 is 1.38 bits per heavy atom. The van der Waals surface area contributed by atoms with Crippen molar-refractivity contribution in [1.82, 2.24) is 4.90 Å². The summed E-state index contributed by atoms with van der Waals surface area (Å²) in [6, 6.07) is 8.26. The maximum Gasteiger partial charge on any atom is 0.348 e. The van der Waals surface area contributed by atoms with E-state index < -0.39 is 5.97 Å². The molecule has 0 saturated heterocycles. The lowest BCUT2D eigenvalue weighted by molar-refractivity contribution is 0.0530. The zero-order valence-electron chi connectivity index (χ0n) is 13.5. The molecule has 0 atom stereocenters. The van der Waals surface area contributed by atoms with E-state index >= 15 is 0 Å². The van der Waals surface area contributed by atoms with Gasteiger partial charge in [0.1, 0.15) is 21.8 Å². The Kier molecular flexibility index (Phi) is 5.90. The van der Waals surface area contributed by atoms with Crippen LogP contribution in [0.3, 0.4) is 0 Å². The van der Waals surface area contributed by atoms with Crippen molar-refractivity contribution < 1.29 is 13.9 Å². The minimum Gasteiger partial charge on any atom is -0.462 e. The molecule has 2 aromatic rings. The maximum atomic E-state index is 13.0. The van der Waals surface area contributed by atoms with Gasteiger partial charge < -0.3 is 10.5 Å². The van der Waals surface area contributed by atoms with Gasteiger partial charge in [0, 0.05) is 18.7 Å². The van der Waals surface area contributed by atoms with Crippen molar-refractivity contribution in [1.29, 1.82) is 5.26 Å².